The summed E-state index contributed by atoms with van der Waals surface area (Å²) in [5.41, 5.74) is 2.36. The minimum absolute atomic E-state index is 0.171. The number of aryl methyl sites for hydroxylation is 1. The van der Waals surface area contributed by atoms with Crippen molar-refractivity contribution in [2.45, 2.75) is 40.3 Å². The van der Waals surface area contributed by atoms with Gasteiger partial charge in [0.1, 0.15) is 17.6 Å². The quantitative estimate of drug-likeness (QED) is 0.255. The number of aromatic nitrogens is 2. The van der Waals surface area contributed by atoms with Gasteiger partial charge in [-0.2, -0.15) is 0 Å². The van der Waals surface area contributed by atoms with Crippen LogP contribution in [0.1, 0.15) is 54.1 Å². The Morgan fingerprint density at radius 2 is 1.76 bits per heavy atom. The van der Waals surface area contributed by atoms with E-state index in [1.54, 1.807) is 41.0 Å². The number of carbonyl (C=O) groups is 2. The number of ketones is 1. The lowest BCUT2D eigenvalue weighted by atomic mass is 10.0. The number of carbonyl (C=O) groups excluding carboxylic acids is 2. The van der Waals surface area contributed by atoms with E-state index >= 15 is 0 Å². The number of fused-ring (bicyclic) bond motifs is 1. The fourth-order valence-corrected chi connectivity index (χ4v) is 4.62. The molecule has 0 aliphatic rings. The normalized spacial score (nSPS) is 12.2. The predicted molar refractivity (Wildman–Crippen MR) is 148 cm³/mol. The summed E-state index contributed by atoms with van der Waals surface area (Å²) in [5, 5.41) is 2.22. The first-order valence-electron chi connectivity index (χ1n) is 12.4. The molecule has 0 spiro atoms. The molecule has 196 valence electrons. The van der Waals surface area contributed by atoms with Crippen LogP contribution in [0.4, 0.5) is 0 Å². The van der Waals surface area contributed by atoms with Crippen molar-refractivity contribution in [1.29, 1.82) is 0 Å². The zero-order chi connectivity index (χ0) is 27.4. The van der Waals surface area contributed by atoms with Gasteiger partial charge in [0.2, 0.25) is 0 Å². The molecule has 0 aliphatic carbocycles. The average Bonchev–Trinajstić information content (AvgIpc) is 2.86. The summed E-state index contributed by atoms with van der Waals surface area (Å²) in [6, 6.07) is 20.9. The molecule has 0 saturated heterocycles. The minimum atomic E-state index is -0.701. The van der Waals surface area contributed by atoms with Gasteiger partial charge in [-0.3, -0.25) is 14.2 Å². The van der Waals surface area contributed by atoms with E-state index < -0.39 is 12.0 Å². The second-order valence-electron chi connectivity index (χ2n) is 9.72. The molecular formula is C30H30ClN3O4. The van der Waals surface area contributed by atoms with Crippen molar-refractivity contribution in [2.75, 3.05) is 6.54 Å². The van der Waals surface area contributed by atoms with Gasteiger partial charge in [-0.25, -0.2) is 9.78 Å². The van der Waals surface area contributed by atoms with Crippen molar-refractivity contribution >= 4 is 34.3 Å². The van der Waals surface area contributed by atoms with E-state index in [4.69, 9.17) is 21.4 Å². The Bertz CT molecular complexity index is 1530. The number of benzene rings is 3. The first kappa shape index (κ1) is 27.2. The molecule has 0 N–H and O–H groups in total. The standard InChI is InChI=1S/C30H30ClN3O4/c1-19(2)27(34(17-21(4)35)38-30(37)23-12-8-9-20(3)15-23)28-32-26-16-24(31)13-14-25(26)29(36)33(28)18-22-10-6-5-7-11-22/h5-16,19,27H,17-18H2,1-4H3/t27-/m1/s1. The van der Waals surface area contributed by atoms with Crippen LogP contribution in [0, 0.1) is 12.8 Å². The van der Waals surface area contributed by atoms with Crippen LogP contribution in [0.5, 0.6) is 0 Å². The lowest BCUT2D eigenvalue weighted by Crippen LogP contribution is -2.41. The average molecular weight is 532 g/mol. The molecule has 0 aliphatic heterocycles. The van der Waals surface area contributed by atoms with Crippen LogP contribution in [0.25, 0.3) is 10.9 Å². The van der Waals surface area contributed by atoms with E-state index in [9.17, 15) is 14.4 Å². The van der Waals surface area contributed by atoms with E-state index in [0.29, 0.717) is 27.3 Å². The van der Waals surface area contributed by atoms with Crippen LogP contribution in [0.3, 0.4) is 0 Å². The molecule has 7 nitrogen and oxygen atoms in total. The molecule has 4 rings (SSSR count). The van der Waals surface area contributed by atoms with Crippen LogP contribution in [-0.2, 0) is 16.2 Å². The van der Waals surface area contributed by atoms with Crippen molar-refractivity contribution in [3.05, 3.63) is 111 Å². The van der Waals surface area contributed by atoms with E-state index in [1.807, 2.05) is 57.2 Å². The van der Waals surface area contributed by atoms with E-state index in [-0.39, 0.29) is 30.3 Å². The second kappa shape index (κ2) is 11.7. The predicted octanol–water partition coefficient (Wildman–Crippen LogP) is 5.77. The van der Waals surface area contributed by atoms with Gasteiger partial charge in [-0.05, 0) is 55.7 Å². The Labute approximate surface area is 226 Å². The maximum Gasteiger partial charge on any atom is 0.357 e. The molecule has 0 radical (unpaired) electrons. The molecule has 1 heterocycles. The maximum absolute atomic E-state index is 13.8. The fraction of sp³-hybridized carbons (Fsp3) is 0.267. The Balaban J connectivity index is 1.88. The van der Waals surface area contributed by atoms with Crippen LogP contribution in [-0.4, -0.2) is 32.9 Å². The van der Waals surface area contributed by atoms with Crippen LogP contribution < -0.4 is 5.56 Å². The lowest BCUT2D eigenvalue weighted by Gasteiger charge is -2.33. The SMILES string of the molecule is CC(=O)CN(OC(=O)c1cccc(C)c1)[C@@H](c1nc2cc(Cl)ccc2c(=O)n1Cc1ccccc1)C(C)C. The zero-order valence-electron chi connectivity index (χ0n) is 21.8. The molecule has 1 aromatic heterocycles. The molecule has 4 aromatic rings. The number of Topliss-reactive ketones (excluding diaryl/α,β-unsaturated/α-hetero) is 1. The molecule has 0 bridgehead atoms. The third-order valence-corrected chi connectivity index (χ3v) is 6.40. The van der Waals surface area contributed by atoms with E-state index in [1.165, 1.54) is 12.0 Å². The minimum Gasteiger partial charge on any atom is -0.363 e. The smallest absolute Gasteiger partial charge is 0.357 e. The summed E-state index contributed by atoms with van der Waals surface area (Å²) < 4.78 is 1.59. The van der Waals surface area contributed by atoms with Crippen molar-refractivity contribution in [1.82, 2.24) is 14.6 Å². The molecule has 8 heteroatoms. The van der Waals surface area contributed by atoms with Crippen molar-refractivity contribution in [2.24, 2.45) is 5.92 Å². The van der Waals surface area contributed by atoms with Crippen molar-refractivity contribution < 1.29 is 14.4 Å². The Kier molecular flexibility index (Phi) is 8.39. The summed E-state index contributed by atoms with van der Waals surface area (Å²) in [5.74, 6) is -0.609. The topological polar surface area (TPSA) is 81.5 Å². The van der Waals surface area contributed by atoms with E-state index in [0.717, 1.165) is 11.1 Å². The fourth-order valence-electron chi connectivity index (χ4n) is 4.45. The largest absolute Gasteiger partial charge is 0.363 e. The number of hydroxylamine groups is 2. The summed E-state index contributed by atoms with van der Waals surface area (Å²) >= 11 is 6.24. The van der Waals surface area contributed by atoms with Crippen LogP contribution >= 0.6 is 11.6 Å². The monoisotopic (exact) mass is 531 g/mol. The molecular weight excluding hydrogens is 502 g/mol. The van der Waals surface area contributed by atoms with Gasteiger partial charge in [-0.1, -0.05) is 73.5 Å². The van der Waals surface area contributed by atoms with Gasteiger partial charge >= 0.3 is 5.97 Å². The van der Waals surface area contributed by atoms with Gasteiger partial charge in [0.25, 0.3) is 5.56 Å². The first-order chi connectivity index (χ1) is 18.1. The van der Waals surface area contributed by atoms with Crippen LogP contribution in [0.2, 0.25) is 5.02 Å². The highest BCUT2D eigenvalue weighted by Gasteiger charge is 2.33. The first-order valence-corrected chi connectivity index (χ1v) is 12.8. The molecule has 1 atom stereocenters. The summed E-state index contributed by atoms with van der Waals surface area (Å²) in [6.07, 6.45) is 0. The molecule has 0 fully saturated rings. The number of rotatable bonds is 9. The summed E-state index contributed by atoms with van der Waals surface area (Å²) in [6.45, 7) is 7.25. The molecule has 3 aromatic carbocycles. The highest BCUT2D eigenvalue weighted by molar-refractivity contribution is 6.31. The number of hydrogen-bond donors (Lipinski definition) is 0. The zero-order valence-corrected chi connectivity index (χ0v) is 22.6. The van der Waals surface area contributed by atoms with Crippen molar-refractivity contribution in [3.8, 4) is 0 Å². The lowest BCUT2D eigenvalue weighted by molar-refractivity contribution is -0.160. The molecule has 0 unspecified atom stereocenters. The third kappa shape index (κ3) is 6.18. The second-order valence-corrected chi connectivity index (χ2v) is 10.2. The van der Waals surface area contributed by atoms with Gasteiger partial charge < -0.3 is 4.84 Å². The number of nitrogens with zero attached hydrogens (tertiary/aromatic N) is 3. The van der Waals surface area contributed by atoms with Crippen molar-refractivity contribution in [3.63, 3.8) is 0 Å². The Hall–Kier alpha value is -3.81. The van der Waals surface area contributed by atoms with Gasteiger partial charge in [0, 0.05) is 5.02 Å². The highest BCUT2D eigenvalue weighted by Crippen LogP contribution is 2.30. The number of halogens is 1. The Morgan fingerprint density at radius 3 is 2.42 bits per heavy atom. The van der Waals surface area contributed by atoms with Gasteiger partial charge in [0.05, 0.1) is 29.6 Å². The molecule has 0 saturated carbocycles. The highest BCUT2D eigenvalue weighted by atomic mass is 35.5. The molecule has 38 heavy (non-hydrogen) atoms. The van der Waals surface area contributed by atoms with Gasteiger partial charge in [-0.15, -0.1) is 5.06 Å². The van der Waals surface area contributed by atoms with E-state index in [2.05, 4.69) is 0 Å². The molecule has 0 amide bonds. The third-order valence-electron chi connectivity index (χ3n) is 6.17. The van der Waals surface area contributed by atoms with Gasteiger partial charge in [0.15, 0.2) is 0 Å². The maximum atomic E-state index is 13.8. The Morgan fingerprint density at radius 1 is 1.03 bits per heavy atom. The van der Waals surface area contributed by atoms with Crippen LogP contribution in [0.15, 0.2) is 77.6 Å². The summed E-state index contributed by atoms with van der Waals surface area (Å²) in [4.78, 5) is 50.0. The summed E-state index contributed by atoms with van der Waals surface area (Å²) in [7, 11) is 0. The number of hydrogen-bond acceptors (Lipinski definition) is 6.